The Labute approximate surface area is 225 Å². The Kier molecular flexibility index (Phi) is 6.66. The largest absolute Gasteiger partial charge is 0.367 e. The molecule has 1 N–H and O–H groups in total. The van der Waals surface area contributed by atoms with Gasteiger partial charge in [0.05, 0.1) is 27.6 Å². The van der Waals surface area contributed by atoms with Crippen molar-refractivity contribution in [3.05, 3.63) is 22.3 Å². The molecule has 202 valence electrons. The number of piperazine rings is 1. The highest BCUT2D eigenvalue weighted by Crippen LogP contribution is 2.40. The van der Waals surface area contributed by atoms with Crippen LogP contribution in [0.4, 0.5) is 19.3 Å². The number of carbonyl (C=O) groups excluding carboxylic acids is 1. The van der Waals surface area contributed by atoms with Gasteiger partial charge in [-0.15, -0.1) is 10.2 Å². The van der Waals surface area contributed by atoms with E-state index in [1.807, 2.05) is 11.0 Å². The summed E-state index contributed by atoms with van der Waals surface area (Å²) in [7, 11) is -0.838. The topological polar surface area (TPSA) is 140 Å². The van der Waals surface area contributed by atoms with Gasteiger partial charge in [0.15, 0.2) is 10.2 Å². The Hall–Kier alpha value is -3.13. The van der Waals surface area contributed by atoms with Crippen LogP contribution in [0.3, 0.4) is 0 Å². The maximum atomic E-state index is 13.4. The summed E-state index contributed by atoms with van der Waals surface area (Å²) in [6.07, 6.45) is -2.05. The molecule has 38 heavy (non-hydrogen) atoms. The molecule has 0 atom stereocenters. The third kappa shape index (κ3) is 4.75. The van der Waals surface area contributed by atoms with Crippen molar-refractivity contribution in [3.8, 4) is 11.2 Å². The number of rotatable bonds is 6. The average Bonchev–Trinajstić information content (AvgIpc) is 3.31. The van der Waals surface area contributed by atoms with Crippen LogP contribution in [0.25, 0.3) is 16.0 Å². The number of halogens is 3. The summed E-state index contributed by atoms with van der Waals surface area (Å²) in [4.78, 5) is 17.3. The van der Waals surface area contributed by atoms with E-state index in [1.54, 1.807) is 19.0 Å². The molecule has 0 unspecified atom stereocenters. The predicted octanol–water partition coefficient (Wildman–Crippen LogP) is 2.61. The molecule has 5 rings (SSSR count). The zero-order valence-corrected chi connectivity index (χ0v) is 22.6. The van der Waals surface area contributed by atoms with Gasteiger partial charge in [0, 0.05) is 40.3 Å². The lowest BCUT2D eigenvalue weighted by atomic mass is 10.1. The van der Waals surface area contributed by atoms with Crippen molar-refractivity contribution in [2.24, 2.45) is 0 Å². The van der Waals surface area contributed by atoms with Crippen LogP contribution in [0, 0.1) is 11.3 Å². The molecule has 0 radical (unpaired) electrons. The van der Waals surface area contributed by atoms with Crippen LogP contribution in [-0.4, -0.2) is 90.0 Å². The Bertz CT molecular complexity index is 1560. The quantitative estimate of drug-likeness (QED) is 0.465. The lowest BCUT2D eigenvalue weighted by molar-refractivity contribution is 0.150. The molecule has 2 fully saturated rings. The number of carbonyl (C=O) groups is 1. The van der Waals surface area contributed by atoms with Gasteiger partial charge in [-0.25, -0.2) is 26.7 Å². The van der Waals surface area contributed by atoms with Crippen LogP contribution in [0.1, 0.15) is 24.3 Å². The fourth-order valence-electron chi connectivity index (χ4n) is 4.21. The Balaban J connectivity index is 1.62. The van der Waals surface area contributed by atoms with Crippen LogP contribution in [0.2, 0.25) is 5.15 Å². The van der Waals surface area contributed by atoms with E-state index in [0.717, 1.165) is 0 Å². The third-order valence-electron chi connectivity index (χ3n) is 6.37. The number of nitrogens with one attached hydrogen (secondary N) is 1. The first-order chi connectivity index (χ1) is 17.9. The van der Waals surface area contributed by atoms with E-state index in [2.05, 4.69) is 20.0 Å². The number of hydrogen-bond donors (Lipinski definition) is 1. The van der Waals surface area contributed by atoms with E-state index in [0.29, 0.717) is 61.4 Å². The second-order valence-electron chi connectivity index (χ2n) is 9.21. The summed E-state index contributed by atoms with van der Waals surface area (Å²) in [5.41, 5.74) is -0.495. The molecule has 1 aliphatic heterocycles. The minimum absolute atomic E-state index is 0.0113. The fraction of sp³-hybridized carbons (Fsp3) is 0.476. The number of hydrogen-bond acceptors (Lipinski definition) is 9. The summed E-state index contributed by atoms with van der Waals surface area (Å²) >= 11 is 7.12. The van der Waals surface area contributed by atoms with Crippen molar-refractivity contribution in [2.75, 3.05) is 45.2 Å². The van der Waals surface area contributed by atoms with Crippen LogP contribution in [0.5, 0.6) is 0 Å². The maximum Gasteiger partial charge on any atom is 0.319 e. The standard InChI is InChI=1S/C21H22ClF2N9O3S2/c1-30(2)20(34)32-7-5-31(6-8-32)13-9-12(38(35,36)29-21(11-25)3-4-21)10-14-15(13)16(22)28-33(14)19-27-26-18(37-19)17(23)24/h9-10,17,29H,3-8H2,1-2H3. The Morgan fingerprint density at radius 3 is 2.47 bits per heavy atom. The smallest absolute Gasteiger partial charge is 0.319 e. The third-order valence-corrected chi connectivity index (χ3v) is 9.05. The Morgan fingerprint density at radius 2 is 1.92 bits per heavy atom. The second-order valence-corrected chi connectivity index (χ2v) is 12.2. The molecule has 2 aromatic heterocycles. The molecule has 0 bridgehead atoms. The number of sulfonamides is 1. The van der Waals surface area contributed by atoms with E-state index in [4.69, 9.17) is 11.6 Å². The fourth-order valence-corrected chi connectivity index (χ4v) is 6.56. The van der Waals surface area contributed by atoms with Crippen LogP contribution in [-0.2, 0) is 10.0 Å². The lowest BCUT2D eigenvalue weighted by Crippen LogP contribution is -2.51. The summed E-state index contributed by atoms with van der Waals surface area (Å²) in [6.45, 7) is 1.52. The van der Waals surface area contributed by atoms with E-state index in [9.17, 15) is 27.3 Å². The number of nitriles is 1. The van der Waals surface area contributed by atoms with E-state index >= 15 is 0 Å². The molecular weight excluding hydrogens is 564 g/mol. The molecule has 1 aliphatic carbocycles. The van der Waals surface area contributed by atoms with Crippen LogP contribution >= 0.6 is 22.9 Å². The van der Waals surface area contributed by atoms with Gasteiger partial charge in [-0.05, 0) is 25.0 Å². The van der Waals surface area contributed by atoms with E-state index in [1.165, 1.54) is 21.7 Å². The Morgan fingerprint density at radius 1 is 1.24 bits per heavy atom. The zero-order chi connectivity index (χ0) is 27.4. The molecule has 1 saturated heterocycles. The SMILES string of the molecule is CN(C)C(=O)N1CCN(c2cc(S(=O)(=O)NC3(C#N)CC3)cc3c2c(Cl)nn3-c2nnc(C(F)F)s2)CC1. The monoisotopic (exact) mass is 585 g/mol. The molecule has 3 heterocycles. The summed E-state index contributed by atoms with van der Waals surface area (Å²) in [6, 6.07) is 4.63. The minimum atomic E-state index is -4.16. The average molecular weight is 586 g/mol. The van der Waals surface area contributed by atoms with Gasteiger partial charge >= 0.3 is 6.03 Å². The van der Waals surface area contributed by atoms with Crippen molar-refractivity contribution in [1.29, 1.82) is 5.26 Å². The van der Waals surface area contributed by atoms with Crippen molar-refractivity contribution in [3.63, 3.8) is 0 Å². The highest BCUT2D eigenvalue weighted by Gasteiger charge is 2.47. The van der Waals surface area contributed by atoms with Gasteiger partial charge in [-0.2, -0.15) is 15.1 Å². The maximum absolute atomic E-state index is 13.4. The summed E-state index contributed by atoms with van der Waals surface area (Å²) in [5.74, 6) is 0. The highest BCUT2D eigenvalue weighted by atomic mass is 35.5. The number of fused-ring (bicyclic) bond motifs is 1. The van der Waals surface area contributed by atoms with Gasteiger partial charge in [0.1, 0.15) is 5.54 Å². The van der Waals surface area contributed by atoms with Gasteiger partial charge in [0.25, 0.3) is 6.43 Å². The normalized spacial score (nSPS) is 17.2. The van der Waals surface area contributed by atoms with Gasteiger partial charge < -0.3 is 14.7 Å². The first kappa shape index (κ1) is 26.5. The van der Waals surface area contributed by atoms with Crippen molar-refractivity contribution in [2.45, 2.75) is 29.7 Å². The molecule has 3 aromatic rings. The van der Waals surface area contributed by atoms with E-state index in [-0.39, 0.29) is 26.7 Å². The number of amides is 2. The van der Waals surface area contributed by atoms with Gasteiger partial charge in [-0.1, -0.05) is 22.9 Å². The molecule has 1 aromatic carbocycles. The van der Waals surface area contributed by atoms with Crippen LogP contribution in [0.15, 0.2) is 17.0 Å². The molecule has 0 spiro atoms. The lowest BCUT2D eigenvalue weighted by Gasteiger charge is -2.37. The molecule has 12 nitrogen and oxygen atoms in total. The predicted molar refractivity (Wildman–Crippen MR) is 135 cm³/mol. The van der Waals surface area contributed by atoms with Crippen LogP contribution < -0.4 is 9.62 Å². The highest BCUT2D eigenvalue weighted by molar-refractivity contribution is 7.89. The van der Waals surface area contributed by atoms with E-state index < -0.39 is 27.0 Å². The number of urea groups is 1. The molecule has 2 amide bonds. The summed E-state index contributed by atoms with van der Waals surface area (Å²) < 4.78 is 56.7. The minimum Gasteiger partial charge on any atom is -0.367 e. The molecular formula is C21H22ClF2N9O3S2. The number of nitrogens with zero attached hydrogens (tertiary/aromatic N) is 8. The first-order valence-electron chi connectivity index (χ1n) is 11.5. The summed E-state index contributed by atoms with van der Waals surface area (Å²) in [5, 5.41) is 20.9. The number of anilines is 1. The van der Waals surface area contributed by atoms with Gasteiger partial charge in [0.2, 0.25) is 15.2 Å². The van der Waals surface area contributed by atoms with Crippen molar-refractivity contribution in [1.82, 2.24) is 34.5 Å². The van der Waals surface area contributed by atoms with Crippen molar-refractivity contribution >= 4 is 55.6 Å². The molecule has 1 saturated carbocycles. The first-order valence-corrected chi connectivity index (χ1v) is 14.1. The van der Waals surface area contributed by atoms with Gasteiger partial charge in [-0.3, -0.25) is 0 Å². The second kappa shape index (κ2) is 9.56. The zero-order valence-electron chi connectivity index (χ0n) is 20.2. The number of alkyl halides is 2. The number of aromatic nitrogens is 4. The van der Waals surface area contributed by atoms with Crippen molar-refractivity contribution < 1.29 is 22.0 Å². The molecule has 17 heteroatoms. The molecule has 2 aliphatic rings. The number of benzene rings is 1.